The predicted molar refractivity (Wildman–Crippen MR) is 71.5 cm³/mol. The van der Waals surface area contributed by atoms with Gasteiger partial charge < -0.3 is 10.1 Å². The molecule has 0 radical (unpaired) electrons. The first-order valence-electron chi connectivity index (χ1n) is 6.09. The predicted octanol–water partition coefficient (Wildman–Crippen LogP) is 1.12. The zero-order valence-corrected chi connectivity index (χ0v) is 11.0. The lowest BCUT2D eigenvalue weighted by Gasteiger charge is -2.20. The third-order valence-corrected chi connectivity index (χ3v) is 3.96. The fraction of sp³-hybridized carbons (Fsp3) is 0.417. The number of nitrogens with zero attached hydrogens (tertiary/aromatic N) is 2. The van der Waals surface area contributed by atoms with Crippen molar-refractivity contribution in [3.8, 4) is 0 Å². The lowest BCUT2D eigenvalue weighted by molar-refractivity contribution is -0.122. The molecule has 1 amide bonds. The molecule has 2 aromatic rings. The zero-order chi connectivity index (χ0) is 13.2. The van der Waals surface area contributed by atoms with Crippen molar-refractivity contribution >= 4 is 27.9 Å². The topological polar surface area (TPSA) is 72.7 Å². The number of carbonyl (C=O) groups is 1. The van der Waals surface area contributed by atoms with E-state index in [0.29, 0.717) is 31.0 Å². The average molecular weight is 279 g/mol. The third kappa shape index (κ3) is 2.39. The molecule has 19 heavy (non-hydrogen) atoms. The summed E-state index contributed by atoms with van der Waals surface area (Å²) in [6.45, 7) is 1.19. The van der Waals surface area contributed by atoms with Gasteiger partial charge in [-0.1, -0.05) is 0 Å². The minimum absolute atomic E-state index is 0.0867. The largest absolute Gasteiger partial charge is 0.381 e. The summed E-state index contributed by atoms with van der Waals surface area (Å²) in [7, 11) is 0. The molecule has 1 saturated heterocycles. The molecule has 0 spiro atoms. The Bertz CT molecular complexity index is 658. The third-order valence-electron chi connectivity index (χ3n) is 3.19. The first-order valence-corrected chi connectivity index (χ1v) is 6.97. The Labute approximate surface area is 113 Å². The second-order valence-electron chi connectivity index (χ2n) is 4.41. The number of hydrogen-bond donors (Lipinski definition) is 1. The zero-order valence-electron chi connectivity index (χ0n) is 10.2. The van der Waals surface area contributed by atoms with E-state index in [0.717, 1.165) is 0 Å². The molecule has 100 valence electrons. The summed E-state index contributed by atoms with van der Waals surface area (Å²) < 4.78 is 6.65. The fourth-order valence-electron chi connectivity index (χ4n) is 2.10. The Balaban J connectivity index is 1.82. The number of carbonyl (C=O) groups excluding carboxylic acids is 1. The van der Waals surface area contributed by atoms with Crippen molar-refractivity contribution in [2.45, 2.75) is 12.8 Å². The smallest absolute Gasteiger partial charge is 0.282 e. The van der Waals surface area contributed by atoms with Crippen molar-refractivity contribution in [2.24, 2.45) is 5.92 Å². The van der Waals surface area contributed by atoms with Crippen LogP contribution in [0.15, 0.2) is 22.6 Å². The van der Waals surface area contributed by atoms with E-state index in [9.17, 15) is 9.59 Å². The first kappa shape index (κ1) is 12.3. The van der Waals surface area contributed by atoms with Gasteiger partial charge in [-0.25, -0.2) is 4.98 Å². The quantitative estimate of drug-likeness (QED) is 0.894. The van der Waals surface area contributed by atoms with Crippen LogP contribution in [0.1, 0.15) is 12.8 Å². The van der Waals surface area contributed by atoms with Crippen LogP contribution in [0.3, 0.4) is 0 Å². The number of hydrogen-bond acceptors (Lipinski definition) is 5. The Morgan fingerprint density at radius 2 is 2.26 bits per heavy atom. The molecule has 6 nitrogen and oxygen atoms in total. The summed E-state index contributed by atoms with van der Waals surface area (Å²) in [6, 6.07) is 0. The summed E-state index contributed by atoms with van der Waals surface area (Å²) in [6.07, 6.45) is 4.47. The van der Waals surface area contributed by atoms with Crippen LogP contribution in [0.4, 0.5) is 5.69 Å². The number of nitrogens with one attached hydrogen (secondary N) is 1. The lowest BCUT2D eigenvalue weighted by atomic mass is 9.99. The normalized spacial score (nSPS) is 16.6. The highest BCUT2D eigenvalue weighted by Gasteiger charge is 2.22. The molecule has 2 aromatic heterocycles. The Morgan fingerprint density at radius 3 is 3.05 bits per heavy atom. The summed E-state index contributed by atoms with van der Waals surface area (Å²) >= 11 is 1.38. The molecule has 0 bridgehead atoms. The van der Waals surface area contributed by atoms with E-state index in [1.165, 1.54) is 21.9 Å². The summed E-state index contributed by atoms with van der Waals surface area (Å²) in [4.78, 5) is 28.9. The highest BCUT2D eigenvalue weighted by molar-refractivity contribution is 7.15. The van der Waals surface area contributed by atoms with Crippen molar-refractivity contribution < 1.29 is 9.53 Å². The van der Waals surface area contributed by atoms with Gasteiger partial charge in [-0.3, -0.25) is 14.0 Å². The van der Waals surface area contributed by atoms with E-state index < -0.39 is 0 Å². The lowest BCUT2D eigenvalue weighted by Crippen LogP contribution is -2.31. The van der Waals surface area contributed by atoms with E-state index in [4.69, 9.17) is 4.74 Å². The molecule has 1 N–H and O–H groups in total. The summed E-state index contributed by atoms with van der Waals surface area (Å²) in [5, 5.41) is 4.46. The number of thiazole rings is 1. The minimum atomic E-state index is -0.244. The standard InChI is InChI=1S/C12H13N3O3S/c16-10(8-1-4-18-5-2-8)14-9-7-13-12-15(11(9)17)3-6-19-12/h3,6-8H,1-2,4-5H2,(H,14,16). The Morgan fingerprint density at radius 1 is 1.47 bits per heavy atom. The van der Waals surface area contributed by atoms with E-state index >= 15 is 0 Å². The maximum atomic E-state index is 12.1. The molecule has 0 atom stereocenters. The first-order chi connectivity index (χ1) is 9.25. The maximum absolute atomic E-state index is 12.1. The number of anilines is 1. The molecule has 3 rings (SSSR count). The van der Waals surface area contributed by atoms with Gasteiger partial charge in [-0.05, 0) is 12.8 Å². The summed E-state index contributed by atoms with van der Waals surface area (Å²) in [5.74, 6) is -0.214. The van der Waals surface area contributed by atoms with Crippen molar-refractivity contribution in [1.29, 1.82) is 0 Å². The Kier molecular flexibility index (Phi) is 3.31. The maximum Gasteiger partial charge on any atom is 0.282 e. The molecule has 1 aliphatic heterocycles. The van der Waals surface area contributed by atoms with Gasteiger partial charge in [0.1, 0.15) is 5.69 Å². The average Bonchev–Trinajstić information content (AvgIpc) is 2.92. The molecule has 7 heteroatoms. The SMILES string of the molecule is O=C(Nc1cnc2sccn2c1=O)C1CCOCC1. The molecular formula is C12H13N3O3S. The Hall–Kier alpha value is -1.73. The minimum Gasteiger partial charge on any atom is -0.381 e. The van der Waals surface area contributed by atoms with Crippen LogP contribution in [0.5, 0.6) is 0 Å². The molecule has 1 aliphatic rings. The highest BCUT2D eigenvalue weighted by Crippen LogP contribution is 2.16. The van der Waals surface area contributed by atoms with Crippen LogP contribution in [0, 0.1) is 5.92 Å². The van der Waals surface area contributed by atoms with E-state index in [2.05, 4.69) is 10.3 Å². The van der Waals surface area contributed by atoms with Crippen LogP contribution >= 0.6 is 11.3 Å². The second kappa shape index (κ2) is 5.10. The van der Waals surface area contributed by atoms with Crippen LogP contribution in [-0.2, 0) is 9.53 Å². The molecule has 3 heterocycles. The monoisotopic (exact) mass is 279 g/mol. The highest BCUT2D eigenvalue weighted by atomic mass is 32.1. The van der Waals surface area contributed by atoms with Gasteiger partial charge >= 0.3 is 0 Å². The molecule has 0 unspecified atom stereocenters. The van der Waals surface area contributed by atoms with Crippen molar-refractivity contribution in [1.82, 2.24) is 9.38 Å². The van der Waals surface area contributed by atoms with Gasteiger partial charge in [0.05, 0.1) is 6.20 Å². The van der Waals surface area contributed by atoms with Crippen LogP contribution in [-0.4, -0.2) is 28.5 Å². The number of rotatable bonds is 2. The molecule has 1 fully saturated rings. The van der Waals surface area contributed by atoms with E-state index in [1.807, 2.05) is 0 Å². The van der Waals surface area contributed by atoms with Gasteiger partial charge in [0.2, 0.25) is 5.91 Å². The van der Waals surface area contributed by atoms with Gasteiger partial charge in [0.25, 0.3) is 5.56 Å². The number of fused-ring (bicyclic) bond motifs is 1. The summed E-state index contributed by atoms with van der Waals surface area (Å²) in [5.41, 5.74) is -0.0148. The number of aromatic nitrogens is 2. The van der Waals surface area contributed by atoms with Crippen molar-refractivity contribution in [3.05, 3.63) is 28.1 Å². The van der Waals surface area contributed by atoms with Gasteiger partial charge in [-0.2, -0.15) is 0 Å². The van der Waals surface area contributed by atoms with Gasteiger partial charge in [0, 0.05) is 30.7 Å². The van der Waals surface area contributed by atoms with E-state index in [-0.39, 0.29) is 23.1 Å². The molecule has 0 aromatic carbocycles. The van der Waals surface area contributed by atoms with E-state index in [1.54, 1.807) is 11.6 Å². The van der Waals surface area contributed by atoms with Gasteiger partial charge in [-0.15, -0.1) is 11.3 Å². The fourth-order valence-corrected chi connectivity index (χ4v) is 2.78. The number of amides is 1. The van der Waals surface area contributed by atoms with Crippen LogP contribution in [0.25, 0.3) is 4.96 Å². The molecular weight excluding hydrogens is 266 g/mol. The van der Waals surface area contributed by atoms with Gasteiger partial charge in [0.15, 0.2) is 4.96 Å². The van der Waals surface area contributed by atoms with Crippen LogP contribution in [0.2, 0.25) is 0 Å². The molecule has 0 saturated carbocycles. The van der Waals surface area contributed by atoms with Crippen molar-refractivity contribution in [3.63, 3.8) is 0 Å². The number of ether oxygens (including phenoxy) is 1. The molecule has 0 aliphatic carbocycles. The van der Waals surface area contributed by atoms with Crippen LogP contribution < -0.4 is 10.9 Å². The van der Waals surface area contributed by atoms with Crippen molar-refractivity contribution in [2.75, 3.05) is 18.5 Å². The second-order valence-corrected chi connectivity index (χ2v) is 5.28.